The summed E-state index contributed by atoms with van der Waals surface area (Å²) in [5, 5.41) is 3.47. The first-order chi connectivity index (χ1) is 10.5. The summed E-state index contributed by atoms with van der Waals surface area (Å²) in [6.45, 7) is 3.88. The lowest BCUT2D eigenvalue weighted by Gasteiger charge is -2.18. The molecule has 0 bridgehead atoms. The molecule has 0 aliphatic carbocycles. The third-order valence-electron chi connectivity index (χ3n) is 3.17. The van der Waals surface area contributed by atoms with Crippen LogP contribution in [0.5, 0.6) is 5.75 Å². The molecule has 0 radical (unpaired) electrons. The van der Waals surface area contributed by atoms with Gasteiger partial charge < -0.3 is 10.1 Å². The van der Waals surface area contributed by atoms with Gasteiger partial charge in [-0.3, -0.25) is 4.79 Å². The number of hydrogen-bond donors (Lipinski definition) is 1. The Labute approximate surface area is 140 Å². The Kier molecular flexibility index (Phi) is 5.69. The van der Waals surface area contributed by atoms with Crippen LogP contribution in [0.3, 0.4) is 0 Å². The van der Waals surface area contributed by atoms with Gasteiger partial charge in [-0.25, -0.2) is 0 Å². The third-order valence-corrected chi connectivity index (χ3v) is 3.99. The SMILES string of the molecule is CCC(Oc1ccc(C)cc1)C(=O)Nc1cccc(Cl)c1Cl. The van der Waals surface area contributed by atoms with Gasteiger partial charge in [0.05, 0.1) is 15.7 Å². The number of aryl methyl sites for hydroxylation is 1. The summed E-state index contributed by atoms with van der Waals surface area (Å²) in [6.07, 6.45) is -0.0597. The van der Waals surface area contributed by atoms with Crippen LogP contribution >= 0.6 is 23.2 Å². The normalized spacial score (nSPS) is 11.8. The Morgan fingerprint density at radius 1 is 1.18 bits per heavy atom. The van der Waals surface area contributed by atoms with Gasteiger partial charge in [-0.15, -0.1) is 0 Å². The zero-order valence-corrected chi connectivity index (χ0v) is 13.9. The molecule has 1 amide bonds. The Bertz CT molecular complexity index is 656. The largest absolute Gasteiger partial charge is 0.481 e. The first kappa shape index (κ1) is 16.7. The van der Waals surface area contributed by atoms with Crippen molar-refractivity contribution in [3.63, 3.8) is 0 Å². The van der Waals surface area contributed by atoms with Crippen molar-refractivity contribution < 1.29 is 9.53 Å². The van der Waals surface area contributed by atoms with E-state index in [1.54, 1.807) is 18.2 Å². The van der Waals surface area contributed by atoms with E-state index < -0.39 is 6.10 Å². The average molecular weight is 338 g/mol. The smallest absolute Gasteiger partial charge is 0.265 e. The highest BCUT2D eigenvalue weighted by atomic mass is 35.5. The van der Waals surface area contributed by atoms with Crippen molar-refractivity contribution in [3.8, 4) is 5.75 Å². The minimum absolute atomic E-state index is 0.257. The van der Waals surface area contributed by atoms with Crippen molar-refractivity contribution in [2.24, 2.45) is 0 Å². The number of carbonyl (C=O) groups excluding carboxylic acids is 1. The van der Waals surface area contributed by atoms with E-state index in [2.05, 4.69) is 5.32 Å². The fraction of sp³-hybridized carbons (Fsp3) is 0.235. The molecule has 0 saturated heterocycles. The Hall–Kier alpha value is -1.71. The van der Waals surface area contributed by atoms with Crippen LogP contribution in [0.4, 0.5) is 5.69 Å². The average Bonchev–Trinajstić information content (AvgIpc) is 2.51. The van der Waals surface area contributed by atoms with E-state index in [1.807, 2.05) is 38.1 Å². The first-order valence-electron chi connectivity index (χ1n) is 6.99. The second-order valence-corrected chi connectivity index (χ2v) is 5.70. The lowest BCUT2D eigenvalue weighted by molar-refractivity contribution is -0.122. The molecule has 2 rings (SSSR count). The summed E-state index contributed by atoms with van der Waals surface area (Å²) < 4.78 is 5.73. The van der Waals surface area contributed by atoms with Crippen LogP contribution in [-0.2, 0) is 4.79 Å². The molecular weight excluding hydrogens is 321 g/mol. The number of anilines is 1. The summed E-state index contributed by atoms with van der Waals surface area (Å²) >= 11 is 12.0. The van der Waals surface area contributed by atoms with Crippen molar-refractivity contribution >= 4 is 34.8 Å². The summed E-state index contributed by atoms with van der Waals surface area (Å²) in [7, 11) is 0. The maximum Gasteiger partial charge on any atom is 0.265 e. The van der Waals surface area contributed by atoms with E-state index in [0.717, 1.165) is 5.56 Å². The van der Waals surface area contributed by atoms with Gasteiger partial charge in [0.25, 0.3) is 5.91 Å². The van der Waals surface area contributed by atoms with Crippen LogP contribution < -0.4 is 10.1 Å². The fourth-order valence-electron chi connectivity index (χ4n) is 1.92. The molecule has 1 atom stereocenters. The summed E-state index contributed by atoms with van der Waals surface area (Å²) in [4.78, 5) is 12.3. The quantitative estimate of drug-likeness (QED) is 0.824. The molecule has 0 saturated carbocycles. The minimum Gasteiger partial charge on any atom is -0.481 e. The lowest BCUT2D eigenvalue weighted by Crippen LogP contribution is -2.32. The number of benzene rings is 2. The van der Waals surface area contributed by atoms with Crippen LogP contribution in [0.25, 0.3) is 0 Å². The van der Waals surface area contributed by atoms with Crippen molar-refractivity contribution in [2.45, 2.75) is 26.4 Å². The number of hydrogen-bond acceptors (Lipinski definition) is 2. The van der Waals surface area contributed by atoms with Crippen molar-refractivity contribution in [1.29, 1.82) is 0 Å². The van der Waals surface area contributed by atoms with Gasteiger partial charge in [0.2, 0.25) is 0 Å². The number of rotatable bonds is 5. The molecule has 0 heterocycles. The predicted molar refractivity (Wildman–Crippen MR) is 91.0 cm³/mol. The minimum atomic E-state index is -0.599. The Morgan fingerprint density at radius 3 is 2.50 bits per heavy atom. The molecule has 0 aliphatic rings. The Morgan fingerprint density at radius 2 is 1.86 bits per heavy atom. The van der Waals surface area contributed by atoms with E-state index in [-0.39, 0.29) is 5.91 Å². The van der Waals surface area contributed by atoms with E-state index >= 15 is 0 Å². The predicted octanol–water partition coefficient (Wildman–Crippen LogP) is 5.10. The van der Waals surface area contributed by atoms with Crippen molar-refractivity contribution in [1.82, 2.24) is 0 Å². The molecule has 0 fully saturated rings. The van der Waals surface area contributed by atoms with Crippen LogP contribution in [0.15, 0.2) is 42.5 Å². The van der Waals surface area contributed by atoms with E-state index in [1.165, 1.54) is 0 Å². The van der Waals surface area contributed by atoms with E-state index in [9.17, 15) is 4.79 Å². The van der Waals surface area contributed by atoms with Gasteiger partial charge in [-0.1, -0.05) is 53.9 Å². The van der Waals surface area contributed by atoms with Gasteiger partial charge in [0.15, 0.2) is 6.10 Å². The topological polar surface area (TPSA) is 38.3 Å². The number of amides is 1. The number of carbonyl (C=O) groups is 1. The Balaban J connectivity index is 2.08. The van der Waals surface area contributed by atoms with Gasteiger partial charge >= 0.3 is 0 Å². The summed E-state index contributed by atoms with van der Waals surface area (Å²) in [5.41, 5.74) is 1.61. The van der Waals surface area contributed by atoms with Gasteiger partial charge in [-0.05, 0) is 37.6 Å². The van der Waals surface area contributed by atoms with Gasteiger partial charge in [0.1, 0.15) is 5.75 Å². The lowest BCUT2D eigenvalue weighted by atomic mass is 10.2. The highest BCUT2D eigenvalue weighted by molar-refractivity contribution is 6.44. The van der Waals surface area contributed by atoms with Crippen LogP contribution in [-0.4, -0.2) is 12.0 Å². The zero-order valence-electron chi connectivity index (χ0n) is 12.4. The molecule has 1 N–H and O–H groups in total. The molecule has 1 unspecified atom stereocenters. The number of nitrogens with one attached hydrogen (secondary N) is 1. The first-order valence-corrected chi connectivity index (χ1v) is 7.75. The molecule has 2 aromatic rings. The van der Waals surface area contributed by atoms with Crippen LogP contribution in [0, 0.1) is 6.92 Å². The monoisotopic (exact) mass is 337 g/mol. The maximum absolute atomic E-state index is 12.3. The van der Waals surface area contributed by atoms with Crippen LogP contribution in [0.1, 0.15) is 18.9 Å². The second-order valence-electron chi connectivity index (χ2n) is 4.92. The molecule has 116 valence electrons. The fourth-order valence-corrected chi connectivity index (χ4v) is 2.26. The summed E-state index contributed by atoms with van der Waals surface area (Å²) in [6, 6.07) is 12.7. The molecule has 0 aromatic heterocycles. The van der Waals surface area contributed by atoms with E-state index in [4.69, 9.17) is 27.9 Å². The maximum atomic E-state index is 12.3. The molecule has 2 aromatic carbocycles. The molecular formula is C17H17Cl2NO2. The van der Waals surface area contributed by atoms with E-state index in [0.29, 0.717) is 27.9 Å². The second kappa shape index (κ2) is 7.52. The van der Waals surface area contributed by atoms with Crippen LogP contribution in [0.2, 0.25) is 10.0 Å². The highest BCUT2D eigenvalue weighted by Gasteiger charge is 2.19. The standard InChI is InChI=1S/C17H17Cl2NO2/c1-3-15(22-12-9-7-11(2)8-10-12)17(21)20-14-6-4-5-13(18)16(14)19/h4-10,15H,3H2,1-2H3,(H,20,21). The highest BCUT2D eigenvalue weighted by Crippen LogP contribution is 2.29. The zero-order chi connectivity index (χ0) is 16.1. The van der Waals surface area contributed by atoms with Crippen molar-refractivity contribution in [3.05, 3.63) is 58.1 Å². The molecule has 0 spiro atoms. The molecule has 3 nitrogen and oxygen atoms in total. The molecule has 5 heteroatoms. The number of ether oxygens (including phenoxy) is 1. The number of halogens is 2. The van der Waals surface area contributed by atoms with Crippen molar-refractivity contribution in [2.75, 3.05) is 5.32 Å². The van der Waals surface area contributed by atoms with Gasteiger partial charge in [0, 0.05) is 0 Å². The summed E-state index contributed by atoms with van der Waals surface area (Å²) in [5.74, 6) is 0.400. The van der Waals surface area contributed by atoms with Gasteiger partial charge in [-0.2, -0.15) is 0 Å². The molecule has 22 heavy (non-hydrogen) atoms. The third kappa shape index (κ3) is 4.15. The molecule has 0 aliphatic heterocycles.